The second-order valence-corrected chi connectivity index (χ2v) is 9.06. The van der Waals surface area contributed by atoms with Gasteiger partial charge in [-0.25, -0.2) is 0 Å². The van der Waals surface area contributed by atoms with Gasteiger partial charge in [-0.05, 0) is 47.4 Å². The Hall–Kier alpha value is -2.59. The highest BCUT2D eigenvalue weighted by atomic mass is 35.5. The maximum atomic E-state index is 11.7. The average Bonchev–Trinajstić information content (AvgIpc) is 3.38. The Morgan fingerprint density at radius 1 is 1.00 bits per heavy atom. The van der Waals surface area contributed by atoms with Crippen LogP contribution >= 0.6 is 11.6 Å². The topological polar surface area (TPSA) is 46.4 Å². The number of fused-ring (bicyclic) bond motifs is 4. The van der Waals surface area contributed by atoms with Gasteiger partial charge >= 0.3 is 0 Å². The Bertz CT molecular complexity index is 1080. The Balaban J connectivity index is 1.62. The molecule has 5 unspecified atom stereocenters. The number of hydrogen-bond acceptors (Lipinski definition) is 3. The van der Waals surface area contributed by atoms with E-state index in [1.165, 1.54) is 11.3 Å². The molecule has 2 heterocycles. The average molecular weight is 405 g/mol. The normalized spacial score (nSPS) is 30.8. The number of hydrogen-bond donors (Lipinski definition) is 0. The predicted molar refractivity (Wildman–Crippen MR) is 115 cm³/mol. The molecule has 0 amide bonds. The summed E-state index contributed by atoms with van der Waals surface area (Å²) in [6.45, 7) is 0.967. The molecule has 0 fully saturated rings. The largest absolute Gasteiger partial charge is 0.363 e. The zero-order valence-corrected chi connectivity index (χ0v) is 16.6. The Kier molecular flexibility index (Phi) is 3.70. The van der Waals surface area contributed by atoms with Crippen molar-refractivity contribution >= 4 is 23.0 Å². The van der Waals surface area contributed by atoms with Gasteiger partial charge in [0.05, 0.1) is 11.0 Å². The van der Waals surface area contributed by atoms with E-state index in [1.807, 2.05) is 24.3 Å². The SMILES string of the molecule is O=[N+]([O-])c1cc2c3c(c1)C1C=CCC1C(c1ccccc1Cl)N3CC1CC=CC21. The number of allylic oxidation sites excluding steroid dienone is 4. The number of halogens is 1. The minimum absolute atomic E-state index is 0.193. The lowest BCUT2D eigenvalue weighted by molar-refractivity contribution is -0.385. The minimum Gasteiger partial charge on any atom is -0.363 e. The lowest BCUT2D eigenvalue weighted by atomic mass is 9.70. The van der Waals surface area contributed by atoms with Gasteiger partial charge in [-0.1, -0.05) is 54.1 Å². The summed E-state index contributed by atoms with van der Waals surface area (Å²) in [6, 6.07) is 12.0. The van der Waals surface area contributed by atoms with Crippen molar-refractivity contribution < 1.29 is 4.92 Å². The fourth-order valence-electron chi connectivity index (χ4n) is 6.13. The number of nitro benzene ring substituents is 1. The molecule has 0 saturated heterocycles. The summed E-state index contributed by atoms with van der Waals surface area (Å²) < 4.78 is 0. The standard InChI is InChI=1S/C24H21ClN2O2/c25-22-10-2-1-6-19(22)23-18-9-4-8-17(18)21-12-15(27(28)29)11-20-16-7-3-5-14(16)13-26(23)24(20)21/h1-4,6-8,10-12,14,16-18,23H,5,9,13H2. The minimum atomic E-state index is -0.239. The molecule has 5 atom stereocenters. The molecule has 0 N–H and O–H groups in total. The summed E-state index contributed by atoms with van der Waals surface area (Å²) in [4.78, 5) is 14.0. The number of nitro groups is 1. The van der Waals surface area contributed by atoms with E-state index in [9.17, 15) is 10.1 Å². The van der Waals surface area contributed by atoms with Gasteiger partial charge in [-0.2, -0.15) is 0 Å². The van der Waals surface area contributed by atoms with Crippen molar-refractivity contribution in [1.29, 1.82) is 0 Å². The third kappa shape index (κ3) is 2.39. The summed E-state index contributed by atoms with van der Waals surface area (Å²) in [5, 5.41) is 12.5. The summed E-state index contributed by atoms with van der Waals surface area (Å²) in [5.41, 5.74) is 4.84. The summed E-state index contributed by atoms with van der Waals surface area (Å²) in [6.07, 6.45) is 11.0. The van der Waals surface area contributed by atoms with Crippen molar-refractivity contribution in [3.8, 4) is 0 Å². The molecule has 0 bridgehead atoms. The second kappa shape index (κ2) is 6.20. The van der Waals surface area contributed by atoms with Gasteiger partial charge in [0, 0.05) is 41.2 Å². The molecule has 0 radical (unpaired) electrons. The van der Waals surface area contributed by atoms with Crippen molar-refractivity contribution in [2.45, 2.75) is 30.7 Å². The van der Waals surface area contributed by atoms with E-state index in [1.54, 1.807) is 0 Å². The highest BCUT2D eigenvalue weighted by Gasteiger charge is 2.48. The zero-order chi connectivity index (χ0) is 19.7. The van der Waals surface area contributed by atoms with Gasteiger partial charge in [0.2, 0.25) is 0 Å². The molecule has 6 rings (SSSR count). The quantitative estimate of drug-likeness (QED) is 0.343. The monoisotopic (exact) mass is 404 g/mol. The highest BCUT2D eigenvalue weighted by molar-refractivity contribution is 6.31. The predicted octanol–water partition coefficient (Wildman–Crippen LogP) is 6.14. The molecule has 2 aliphatic heterocycles. The van der Waals surface area contributed by atoms with Crippen LogP contribution in [0.15, 0.2) is 60.7 Å². The molecule has 2 aromatic rings. The van der Waals surface area contributed by atoms with Crippen LogP contribution in [0.4, 0.5) is 11.4 Å². The molecular weight excluding hydrogens is 384 g/mol. The van der Waals surface area contributed by atoms with E-state index in [0.29, 0.717) is 11.8 Å². The first-order chi connectivity index (χ1) is 14.1. The van der Waals surface area contributed by atoms with Crippen LogP contribution in [-0.2, 0) is 0 Å². The molecule has 5 heteroatoms. The van der Waals surface area contributed by atoms with Crippen LogP contribution in [0.1, 0.15) is 47.4 Å². The van der Waals surface area contributed by atoms with Crippen LogP contribution < -0.4 is 4.90 Å². The van der Waals surface area contributed by atoms with Gasteiger partial charge in [-0.3, -0.25) is 10.1 Å². The molecule has 0 spiro atoms. The van der Waals surface area contributed by atoms with Crippen LogP contribution in [0.2, 0.25) is 5.02 Å². The van der Waals surface area contributed by atoms with Crippen molar-refractivity contribution in [3.05, 3.63) is 92.5 Å². The van der Waals surface area contributed by atoms with Crippen LogP contribution in [0.3, 0.4) is 0 Å². The van der Waals surface area contributed by atoms with E-state index in [2.05, 4.69) is 41.3 Å². The molecular formula is C24H21ClN2O2. The van der Waals surface area contributed by atoms with E-state index >= 15 is 0 Å². The van der Waals surface area contributed by atoms with Crippen molar-refractivity contribution in [2.75, 3.05) is 11.4 Å². The molecule has 2 aromatic carbocycles. The van der Waals surface area contributed by atoms with E-state index in [4.69, 9.17) is 11.6 Å². The number of anilines is 1. The molecule has 4 aliphatic rings. The lowest BCUT2D eigenvalue weighted by Crippen LogP contribution is -2.46. The Labute approximate surface area is 174 Å². The molecule has 146 valence electrons. The van der Waals surface area contributed by atoms with Gasteiger partial charge in [0.15, 0.2) is 0 Å². The number of benzene rings is 2. The highest BCUT2D eigenvalue weighted by Crippen LogP contribution is 2.59. The third-order valence-electron chi connectivity index (χ3n) is 7.27. The summed E-state index contributed by atoms with van der Waals surface area (Å²) in [7, 11) is 0. The van der Waals surface area contributed by atoms with Crippen LogP contribution in [0, 0.1) is 22.0 Å². The fraction of sp³-hybridized carbons (Fsp3) is 0.333. The first-order valence-corrected chi connectivity index (χ1v) is 10.7. The summed E-state index contributed by atoms with van der Waals surface area (Å²) >= 11 is 6.68. The maximum absolute atomic E-state index is 11.7. The molecule has 4 nitrogen and oxygen atoms in total. The maximum Gasteiger partial charge on any atom is 0.270 e. The molecule has 2 aliphatic carbocycles. The number of rotatable bonds is 2. The van der Waals surface area contributed by atoms with Crippen molar-refractivity contribution in [2.24, 2.45) is 11.8 Å². The summed E-state index contributed by atoms with van der Waals surface area (Å²) in [5.74, 6) is 1.29. The Morgan fingerprint density at radius 2 is 1.72 bits per heavy atom. The van der Waals surface area contributed by atoms with E-state index in [0.717, 1.165) is 35.5 Å². The fourth-order valence-corrected chi connectivity index (χ4v) is 6.38. The zero-order valence-electron chi connectivity index (χ0n) is 15.9. The van der Waals surface area contributed by atoms with Crippen molar-refractivity contribution in [3.63, 3.8) is 0 Å². The second-order valence-electron chi connectivity index (χ2n) is 8.65. The van der Waals surface area contributed by atoms with Crippen LogP contribution in [-0.4, -0.2) is 11.5 Å². The van der Waals surface area contributed by atoms with E-state index < -0.39 is 0 Å². The van der Waals surface area contributed by atoms with Gasteiger partial charge < -0.3 is 4.90 Å². The van der Waals surface area contributed by atoms with E-state index in [-0.39, 0.29) is 28.5 Å². The molecule has 0 saturated carbocycles. The molecule has 29 heavy (non-hydrogen) atoms. The number of nitrogens with zero attached hydrogens (tertiary/aromatic N) is 2. The third-order valence-corrected chi connectivity index (χ3v) is 7.61. The first kappa shape index (κ1) is 17.3. The van der Waals surface area contributed by atoms with Gasteiger partial charge in [0.25, 0.3) is 5.69 Å². The van der Waals surface area contributed by atoms with Gasteiger partial charge in [-0.15, -0.1) is 0 Å². The smallest absolute Gasteiger partial charge is 0.270 e. The molecule has 0 aromatic heterocycles. The number of non-ortho nitro benzene ring substituents is 1. The first-order valence-electron chi connectivity index (χ1n) is 10.3. The lowest BCUT2D eigenvalue weighted by Gasteiger charge is -2.51. The van der Waals surface area contributed by atoms with Gasteiger partial charge in [0.1, 0.15) is 0 Å². The van der Waals surface area contributed by atoms with Crippen LogP contribution in [0.25, 0.3) is 0 Å². The Morgan fingerprint density at radius 3 is 2.52 bits per heavy atom. The van der Waals surface area contributed by atoms with Crippen molar-refractivity contribution in [1.82, 2.24) is 0 Å². The van der Waals surface area contributed by atoms with Crippen LogP contribution in [0.5, 0.6) is 0 Å².